The SMILES string of the molecule is COc1ccc(CNC(=O)Cn2nc3c(c2NC(=O)c2ccc(S(=O)(=O)N(C)C)cc2)CSC3)cc1. The van der Waals surface area contributed by atoms with Crippen molar-refractivity contribution in [3.63, 3.8) is 0 Å². The molecule has 1 aromatic heterocycles. The molecule has 3 aromatic rings. The molecular formula is C24H27N5O5S2. The number of rotatable bonds is 9. The Morgan fingerprint density at radius 3 is 2.42 bits per heavy atom. The van der Waals surface area contributed by atoms with Crippen LogP contribution in [0.2, 0.25) is 0 Å². The molecule has 0 aliphatic carbocycles. The molecule has 0 saturated carbocycles. The van der Waals surface area contributed by atoms with Gasteiger partial charge in [0.15, 0.2) is 0 Å². The Morgan fingerprint density at radius 2 is 1.78 bits per heavy atom. The third-order valence-corrected chi connectivity index (χ3v) is 8.49. The molecule has 1 aliphatic heterocycles. The fourth-order valence-corrected chi connectivity index (χ4v) is 5.56. The number of carbonyl (C=O) groups excluding carboxylic acids is 2. The lowest BCUT2D eigenvalue weighted by Gasteiger charge is -2.13. The van der Waals surface area contributed by atoms with Gasteiger partial charge in [-0.25, -0.2) is 17.4 Å². The van der Waals surface area contributed by atoms with Crippen LogP contribution < -0.4 is 15.4 Å². The second kappa shape index (κ2) is 10.7. The van der Waals surface area contributed by atoms with Gasteiger partial charge in [0, 0.05) is 43.3 Å². The first-order valence-corrected chi connectivity index (χ1v) is 13.7. The normalized spacial score (nSPS) is 12.9. The zero-order valence-electron chi connectivity index (χ0n) is 20.1. The lowest BCUT2D eigenvalue weighted by molar-refractivity contribution is -0.122. The van der Waals surface area contributed by atoms with Gasteiger partial charge in [-0.3, -0.25) is 9.59 Å². The molecule has 190 valence electrons. The van der Waals surface area contributed by atoms with Gasteiger partial charge in [-0.05, 0) is 42.0 Å². The highest BCUT2D eigenvalue weighted by molar-refractivity contribution is 7.98. The molecule has 2 aromatic carbocycles. The van der Waals surface area contributed by atoms with Crippen LogP contribution >= 0.6 is 11.8 Å². The predicted octanol–water partition coefficient (Wildman–Crippen LogP) is 2.46. The first-order valence-electron chi connectivity index (χ1n) is 11.1. The van der Waals surface area contributed by atoms with Gasteiger partial charge in [0.1, 0.15) is 18.1 Å². The topological polar surface area (TPSA) is 123 Å². The monoisotopic (exact) mass is 529 g/mol. The van der Waals surface area contributed by atoms with Gasteiger partial charge in [0.2, 0.25) is 15.9 Å². The molecule has 0 bridgehead atoms. The van der Waals surface area contributed by atoms with Crippen molar-refractivity contribution in [3.05, 3.63) is 70.9 Å². The van der Waals surface area contributed by atoms with Gasteiger partial charge >= 0.3 is 0 Å². The van der Waals surface area contributed by atoms with E-state index in [0.717, 1.165) is 26.9 Å². The van der Waals surface area contributed by atoms with E-state index in [-0.39, 0.29) is 17.3 Å². The predicted molar refractivity (Wildman–Crippen MR) is 137 cm³/mol. The fraction of sp³-hybridized carbons (Fsp3) is 0.292. The standard InChI is InChI=1S/C24H27N5O5S2/c1-28(2)36(32,33)19-10-6-17(7-11-19)24(31)26-23-20-14-35-15-21(20)27-29(23)13-22(30)25-12-16-4-8-18(34-3)9-5-16/h4-11H,12-15H2,1-3H3,(H,25,30)(H,26,31). The van der Waals surface area contributed by atoms with E-state index in [1.807, 2.05) is 24.3 Å². The number of anilines is 1. The maximum atomic E-state index is 13.0. The number of fused-ring (bicyclic) bond motifs is 1. The van der Waals surface area contributed by atoms with E-state index in [9.17, 15) is 18.0 Å². The Hall–Kier alpha value is -3.35. The third kappa shape index (κ3) is 5.55. The average Bonchev–Trinajstić information content (AvgIpc) is 3.45. The average molecular weight is 530 g/mol. The van der Waals surface area contributed by atoms with E-state index < -0.39 is 15.9 Å². The minimum atomic E-state index is -3.59. The summed E-state index contributed by atoms with van der Waals surface area (Å²) in [6.07, 6.45) is 0. The van der Waals surface area contributed by atoms with Crippen molar-refractivity contribution < 1.29 is 22.7 Å². The van der Waals surface area contributed by atoms with Crippen LogP contribution in [-0.2, 0) is 39.4 Å². The van der Waals surface area contributed by atoms with Gasteiger partial charge in [-0.2, -0.15) is 16.9 Å². The van der Waals surface area contributed by atoms with Crippen molar-refractivity contribution in [2.75, 3.05) is 26.5 Å². The van der Waals surface area contributed by atoms with Crippen LogP contribution in [0.1, 0.15) is 27.2 Å². The van der Waals surface area contributed by atoms with Gasteiger partial charge in [0.25, 0.3) is 5.91 Å². The van der Waals surface area contributed by atoms with Gasteiger partial charge in [0.05, 0.1) is 17.7 Å². The van der Waals surface area contributed by atoms with Crippen LogP contribution in [0.5, 0.6) is 5.75 Å². The molecule has 0 spiro atoms. The molecule has 4 rings (SSSR count). The molecule has 12 heteroatoms. The second-order valence-corrected chi connectivity index (χ2v) is 11.5. The maximum absolute atomic E-state index is 13.0. The van der Waals surface area contributed by atoms with E-state index in [0.29, 0.717) is 29.4 Å². The van der Waals surface area contributed by atoms with Crippen molar-refractivity contribution in [3.8, 4) is 5.75 Å². The Bertz CT molecular complexity index is 1370. The van der Waals surface area contributed by atoms with Crippen LogP contribution in [0.25, 0.3) is 0 Å². The summed E-state index contributed by atoms with van der Waals surface area (Å²) in [5, 5.41) is 10.3. The Labute approximate surface area is 214 Å². The van der Waals surface area contributed by atoms with Crippen molar-refractivity contribution in [1.82, 2.24) is 19.4 Å². The van der Waals surface area contributed by atoms with E-state index >= 15 is 0 Å². The summed E-state index contributed by atoms with van der Waals surface area (Å²) < 4.78 is 32.3. The minimum Gasteiger partial charge on any atom is -0.497 e. The highest BCUT2D eigenvalue weighted by atomic mass is 32.2. The summed E-state index contributed by atoms with van der Waals surface area (Å²) in [6.45, 7) is 0.299. The quantitative estimate of drug-likeness (QED) is 0.437. The number of thioether (sulfide) groups is 1. The molecule has 0 radical (unpaired) electrons. The van der Waals surface area contributed by atoms with Crippen LogP contribution in [0.15, 0.2) is 53.4 Å². The molecule has 36 heavy (non-hydrogen) atoms. The van der Waals surface area contributed by atoms with Gasteiger partial charge in [-0.15, -0.1) is 0 Å². The molecule has 0 unspecified atom stereocenters. The van der Waals surface area contributed by atoms with Crippen LogP contribution in [0, 0.1) is 0 Å². The zero-order valence-corrected chi connectivity index (χ0v) is 21.8. The van der Waals surface area contributed by atoms with E-state index in [1.165, 1.54) is 43.0 Å². The van der Waals surface area contributed by atoms with Crippen LogP contribution in [0.4, 0.5) is 5.82 Å². The number of aromatic nitrogens is 2. The Morgan fingerprint density at radius 1 is 1.08 bits per heavy atom. The first kappa shape index (κ1) is 25.7. The molecule has 0 fully saturated rings. The number of hydrogen-bond donors (Lipinski definition) is 2. The molecule has 10 nitrogen and oxygen atoms in total. The number of nitrogens with zero attached hydrogens (tertiary/aromatic N) is 3. The molecule has 2 N–H and O–H groups in total. The van der Waals surface area contributed by atoms with Crippen molar-refractivity contribution in [2.45, 2.75) is 29.5 Å². The number of sulfonamides is 1. The number of hydrogen-bond acceptors (Lipinski definition) is 7. The summed E-state index contributed by atoms with van der Waals surface area (Å²) >= 11 is 1.68. The minimum absolute atomic E-state index is 0.0521. The third-order valence-electron chi connectivity index (χ3n) is 5.69. The summed E-state index contributed by atoms with van der Waals surface area (Å²) in [5.74, 6) is 1.94. The smallest absolute Gasteiger partial charge is 0.256 e. The molecule has 2 heterocycles. The number of nitrogens with one attached hydrogen (secondary N) is 2. The lowest BCUT2D eigenvalue weighted by Crippen LogP contribution is -2.28. The zero-order chi connectivity index (χ0) is 25.9. The summed E-state index contributed by atoms with van der Waals surface area (Å²) in [4.78, 5) is 25.7. The number of methoxy groups -OCH3 is 1. The molecule has 2 amide bonds. The summed E-state index contributed by atoms with van der Waals surface area (Å²) in [6, 6.07) is 13.1. The van der Waals surface area contributed by atoms with E-state index in [4.69, 9.17) is 4.74 Å². The van der Waals surface area contributed by atoms with E-state index in [2.05, 4.69) is 15.7 Å². The van der Waals surface area contributed by atoms with Crippen molar-refractivity contribution in [1.29, 1.82) is 0 Å². The van der Waals surface area contributed by atoms with Gasteiger partial charge < -0.3 is 15.4 Å². The van der Waals surface area contributed by atoms with Gasteiger partial charge in [-0.1, -0.05) is 12.1 Å². The molecule has 0 saturated heterocycles. The van der Waals surface area contributed by atoms with E-state index in [1.54, 1.807) is 18.9 Å². The fourth-order valence-electron chi connectivity index (χ4n) is 3.63. The number of amides is 2. The highest BCUT2D eigenvalue weighted by Gasteiger charge is 2.25. The molecule has 1 aliphatic rings. The maximum Gasteiger partial charge on any atom is 0.256 e. The Kier molecular flexibility index (Phi) is 7.67. The summed E-state index contributed by atoms with van der Waals surface area (Å²) in [7, 11) is 0.897. The molecule has 0 atom stereocenters. The summed E-state index contributed by atoms with van der Waals surface area (Å²) in [5.41, 5.74) is 2.95. The van der Waals surface area contributed by atoms with Crippen LogP contribution in [-0.4, -0.2) is 55.5 Å². The van der Waals surface area contributed by atoms with Crippen molar-refractivity contribution >= 4 is 39.4 Å². The Balaban J connectivity index is 1.46. The lowest BCUT2D eigenvalue weighted by atomic mass is 10.2. The number of carbonyl (C=O) groups is 2. The van der Waals surface area contributed by atoms with Crippen molar-refractivity contribution in [2.24, 2.45) is 0 Å². The highest BCUT2D eigenvalue weighted by Crippen LogP contribution is 2.35. The van der Waals surface area contributed by atoms with Crippen LogP contribution in [0.3, 0.4) is 0 Å². The number of benzene rings is 2. The molecular weight excluding hydrogens is 502 g/mol. The number of ether oxygens (including phenoxy) is 1. The second-order valence-electron chi connectivity index (χ2n) is 8.32. The first-order chi connectivity index (χ1) is 17.2. The largest absolute Gasteiger partial charge is 0.497 e.